The second-order valence-corrected chi connectivity index (χ2v) is 9.59. The Hall–Kier alpha value is -2.74. The highest BCUT2D eigenvalue weighted by molar-refractivity contribution is 7.99. The third kappa shape index (κ3) is 5.35. The first-order valence-electron chi connectivity index (χ1n) is 11.2. The molecule has 7 nitrogen and oxygen atoms in total. The number of para-hydroxylation sites is 1. The van der Waals surface area contributed by atoms with Crippen molar-refractivity contribution in [2.45, 2.75) is 45.3 Å². The van der Waals surface area contributed by atoms with Gasteiger partial charge in [-0.1, -0.05) is 50.7 Å². The Bertz CT molecular complexity index is 1020. The van der Waals surface area contributed by atoms with E-state index in [9.17, 15) is 4.79 Å². The molecule has 2 aromatic heterocycles. The molecular formula is C24H31N5O2S. The van der Waals surface area contributed by atoms with Crippen molar-refractivity contribution in [1.82, 2.24) is 14.8 Å². The molecule has 1 N–H and O–H groups in total. The highest BCUT2D eigenvalue weighted by atomic mass is 32.2. The second-order valence-electron chi connectivity index (χ2n) is 8.65. The molecule has 0 spiro atoms. The fourth-order valence-electron chi connectivity index (χ4n) is 4.41. The van der Waals surface area contributed by atoms with Crippen LogP contribution in [0.25, 0.3) is 0 Å². The van der Waals surface area contributed by atoms with Gasteiger partial charge in [0.1, 0.15) is 5.76 Å². The number of hydrogen-bond acceptors (Lipinski definition) is 6. The molecule has 1 aliphatic rings. The van der Waals surface area contributed by atoms with Crippen LogP contribution in [-0.4, -0.2) is 39.5 Å². The highest BCUT2D eigenvalue weighted by Crippen LogP contribution is 2.29. The van der Waals surface area contributed by atoms with Crippen molar-refractivity contribution in [3.63, 3.8) is 0 Å². The smallest absolute Gasteiger partial charge is 0.234 e. The Morgan fingerprint density at radius 1 is 1.16 bits per heavy atom. The lowest BCUT2D eigenvalue weighted by molar-refractivity contribution is -0.113. The fourth-order valence-corrected chi connectivity index (χ4v) is 5.14. The van der Waals surface area contributed by atoms with E-state index >= 15 is 0 Å². The molecule has 4 rings (SSSR count). The Morgan fingerprint density at radius 3 is 2.66 bits per heavy atom. The van der Waals surface area contributed by atoms with Crippen LogP contribution in [0.1, 0.15) is 38.5 Å². The van der Waals surface area contributed by atoms with Crippen LogP contribution < -0.4 is 10.2 Å². The minimum absolute atomic E-state index is 0.0507. The Labute approximate surface area is 193 Å². The molecule has 170 valence electrons. The first kappa shape index (κ1) is 22.5. The van der Waals surface area contributed by atoms with E-state index in [-0.39, 0.29) is 11.7 Å². The van der Waals surface area contributed by atoms with Gasteiger partial charge < -0.3 is 14.6 Å². The second kappa shape index (κ2) is 10.3. The lowest BCUT2D eigenvalue weighted by Crippen LogP contribution is -2.40. The average Bonchev–Trinajstić information content (AvgIpc) is 3.42. The van der Waals surface area contributed by atoms with E-state index in [4.69, 9.17) is 4.42 Å². The summed E-state index contributed by atoms with van der Waals surface area (Å²) in [6, 6.07) is 11.7. The lowest BCUT2D eigenvalue weighted by atomic mass is 9.92. The average molecular weight is 454 g/mol. The van der Waals surface area contributed by atoms with Gasteiger partial charge >= 0.3 is 0 Å². The number of furan rings is 1. The summed E-state index contributed by atoms with van der Waals surface area (Å²) < 4.78 is 7.66. The number of benzene rings is 1. The molecule has 1 aromatic carbocycles. The van der Waals surface area contributed by atoms with Crippen molar-refractivity contribution < 1.29 is 9.21 Å². The monoisotopic (exact) mass is 453 g/mol. The number of aromatic nitrogens is 3. The normalized spacial score (nSPS) is 18.7. The summed E-state index contributed by atoms with van der Waals surface area (Å²) in [5.41, 5.74) is 2.00. The zero-order chi connectivity index (χ0) is 22.5. The number of amides is 1. The molecule has 3 heterocycles. The molecule has 2 unspecified atom stereocenters. The van der Waals surface area contributed by atoms with E-state index < -0.39 is 0 Å². The molecule has 1 aliphatic heterocycles. The van der Waals surface area contributed by atoms with Crippen molar-refractivity contribution in [1.29, 1.82) is 0 Å². The third-order valence-electron chi connectivity index (χ3n) is 5.75. The van der Waals surface area contributed by atoms with E-state index in [0.29, 0.717) is 18.4 Å². The molecule has 0 radical (unpaired) electrons. The predicted molar refractivity (Wildman–Crippen MR) is 128 cm³/mol. The van der Waals surface area contributed by atoms with Gasteiger partial charge in [-0.05, 0) is 48.4 Å². The molecule has 2 atom stereocenters. The van der Waals surface area contributed by atoms with Gasteiger partial charge in [-0.25, -0.2) is 0 Å². The molecule has 1 amide bonds. The number of carbonyl (C=O) groups is 1. The quantitative estimate of drug-likeness (QED) is 0.499. The van der Waals surface area contributed by atoms with Crippen molar-refractivity contribution >= 4 is 29.3 Å². The predicted octanol–water partition coefficient (Wildman–Crippen LogP) is 4.69. The van der Waals surface area contributed by atoms with Crippen LogP contribution in [0.15, 0.2) is 52.2 Å². The third-order valence-corrected chi connectivity index (χ3v) is 6.71. The van der Waals surface area contributed by atoms with Crippen molar-refractivity contribution in [3.8, 4) is 0 Å². The van der Waals surface area contributed by atoms with E-state index in [1.54, 1.807) is 6.26 Å². The minimum atomic E-state index is -0.0507. The summed E-state index contributed by atoms with van der Waals surface area (Å²) in [4.78, 5) is 15.0. The van der Waals surface area contributed by atoms with Crippen LogP contribution in [-0.2, 0) is 17.8 Å². The van der Waals surface area contributed by atoms with Gasteiger partial charge in [0, 0.05) is 18.8 Å². The largest absolute Gasteiger partial charge is 0.467 e. The number of nitrogens with one attached hydrogen (secondary N) is 1. The van der Waals surface area contributed by atoms with Gasteiger partial charge in [0.25, 0.3) is 0 Å². The summed E-state index contributed by atoms with van der Waals surface area (Å²) in [5, 5.41) is 12.7. The Balaban J connectivity index is 1.50. The van der Waals surface area contributed by atoms with Crippen molar-refractivity contribution in [2.75, 3.05) is 29.1 Å². The number of piperidine rings is 1. The zero-order valence-electron chi connectivity index (χ0n) is 19.0. The molecule has 0 saturated carbocycles. The van der Waals surface area contributed by atoms with Crippen molar-refractivity contribution in [3.05, 3.63) is 54.0 Å². The first-order valence-corrected chi connectivity index (χ1v) is 12.2. The number of thioether (sulfide) groups is 1. The van der Waals surface area contributed by atoms with Gasteiger partial charge in [-0.2, -0.15) is 0 Å². The fraction of sp³-hybridized carbons (Fsp3) is 0.458. The number of anilines is 2. The van der Waals surface area contributed by atoms with Gasteiger partial charge in [0.15, 0.2) is 5.16 Å². The number of carbonyl (C=O) groups excluding carboxylic acids is 1. The number of nitrogens with zero attached hydrogens (tertiary/aromatic N) is 4. The molecule has 0 bridgehead atoms. The summed E-state index contributed by atoms with van der Waals surface area (Å²) in [5.74, 6) is 3.11. The van der Waals surface area contributed by atoms with E-state index in [1.807, 2.05) is 36.4 Å². The van der Waals surface area contributed by atoms with Crippen LogP contribution in [0, 0.1) is 11.8 Å². The highest BCUT2D eigenvalue weighted by Gasteiger charge is 2.27. The van der Waals surface area contributed by atoms with Crippen LogP contribution in [0.5, 0.6) is 0 Å². The number of hydrogen-bond donors (Lipinski definition) is 1. The van der Waals surface area contributed by atoms with Crippen LogP contribution >= 0.6 is 11.8 Å². The standard InChI is InChI=1S/C24H31N5O2S/c1-4-19-8-5-6-10-21(19)25-22(30)16-32-24-27-26-23(28-13-17(2)12-18(3)14-28)29(24)15-20-9-7-11-31-20/h5-11,17-18H,4,12-16H2,1-3H3,(H,25,30). The minimum Gasteiger partial charge on any atom is -0.467 e. The zero-order valence-corrected chi connectivity index (χ0v) is 19.8. The van der Waals surface area contributed by atoms with Gasteiger partial charge in [0.2, 0.25) is 11.9 Å². The van der Waals surface area contributed by atoms with Crippen molar-refractivity contribution in [2.24, 2.45) is 11.8 Å². The molecule has 3 aromatic rings. The molecule has 32 heavy (non-hydrogen) atoms. The molecule has 1 saturated heterocycles. The lowest BCUT2D eigenvalue weighted by Gasteiger charge is -2.35. The number of rotatable bonds is 8. The van der Waals surface area contributed by atoms with Crippen LogP contribution in [0.3, 0.4) is 0 Å². The topological polar surface area (TPSA) is 76.2 Å². The Morgan fingerprint density at radius 2 is 1.94 bits per heavy atom. The van der Waals surface area contributed by atoms with Gasteiger partial charge in [-0.3, -0.25) is 9.36 Å². The maximum Gasteiger partial charge on any atom is 0.234 e. The molecule has 0 aliphatic carbocycles. The summed E-state index contributed by atoms with van der Waals surface area (Å²) in [6.45, 7) is 9.10. The number of aryl methyl sites for hydroxylation is 1. The summed E-state index contributed by atoms with van der Waals surface area (Å²) in [7, 11) is 0. The Kier molecular flexibility index (Phi) is 7.19. The molecule has 1 fully saturated rings. The SMILES string of the molecule is CCc1ccccc1NC(=O)CSc1nnc(N2CC(C)CC(C)C2)n1Cc1ccco1. The van der Waals surface area contributed by atoms with Crippen LogP contribution in [0.2, 0.25) is 0 Å². The summed E-state index contributed by atoms with van der Waals surface area (Å²) in [6.07, 6.45) is 3.77. The molecular weight excluding hydrogens is 422 g/mol. The maximum absolute atomic E-state index is 12.7. The molecule has 8 heteroatoms. The van der Waals surface area contributed by atoms with Gasteiger partial charge in [0.05, 0.1) is 18.6 Å². The maximum atomic E-state index is 12.7. The van der Waals surface area contributed by atoms with Gasteiger partial charge in [-0.15, -0.1) is 10.2 Å². The van der Waals surface area contributed by atoms with Crippen LogP contribution in [0.4, 0.5) is 11.6 Å². The van der Waals surface area contributed by atoms with E-state index in [1.165, 1.54) is 18.2 Å². The van der Waals surface area contributed by atoms with E-state index in [2.05, 4.69) is 45.8 Å². The summed E-state index contributed by atoms with van der Waals surface area (Å²) >= 11 is 1.41. The van der Waals surface area contributed by atoms with E-state index in [0.717, 1.165) is 47.6 Å². The first-order chi connectivity index (χ1) is 15.5.